The van der Waals surface area contributed by atoms with Crippen LogP contribution in [0.25, 0.3) is 0 Å². The fourth-order valence-corrected chi connectivity index (χ4v) is 3.19. The Hall–Kier alpha value is -2.15. The van der Waals surface area contributed by atoms with E-state index >= 15 is 0 Å². The molecule has 0 atom stereocenters. The molecule has 0 bridgehead atoms. The Labute approximate surface area is 149 Å². The summed E-state index contributed by atoms with van der Waals surface area (Å²) in [6, 6.07) is 3.41. The minimum absolute atomic E-state index is 0.0195. The number of aliphatic carboxylic acids is 1. The SMILES string of the molecule is O=C(CCNC(=O)c1ccc(F)cc1Cl)NC1(C(=O)O)CCCCC1. The van der Waals surface area contributed by atoms with Crippen molar-refractivity contribution in [1.29, 1.82) is 0 Å². The highest BCUT2D eigenvalue weighted by Crippen LogP contribution is 2.28. The molecule has 25 heavy (non-hydrogen) atoms. The summed E-state index contributed by atoms with van der Waals surface area (Å²) in [5.41, 5.74) is -1.10. The highest BCUT2D eigenvalue weighted by atomic mass is 35.5. The lowest BCUT2D eigenvalue weighted by Crippen LogP contribution is -2.55. The van der Waals surface area contributed by atoms with Crippen LogP contribution in [0.3, 0.4) is 0 Å². The number of carbonyl (C=O) groups is 3. The smallest absolute Gasteiger partial charge is 0.329 e. The van der Waals surface area contributed by atoms with Crippen LogP contribution >= 0.6 is 11.6 Å². The van der Waals surface area contributed by atoms with Crippen molar-refractivity contribution in [3.63, 3.8) is 0 Å². The minimum Gasteiger partial charge on any atom is -0.480 e. The fourth-order valence-electron chi connectivity index (χ4n) is 2.94. The van der Waals surface area contributed by atoms with Crippen LogP contribution in [0.4, 0.5) is 4.39 Å². The lowest BCUT2D eigenvalue weighted by atomic mass is 9.81. The van der Waals surface area contributed by atoms with E-state index in [1.807, 2.05) is 0 Å². The van der Waals surface area contributed by atoms with Crippen molar-refractivity contribution in [2.45, 2.75) is 44.1 Å². The molecule has 136 valence electrons. The second kappa shape index (κ2) is 8.29. The topological polar surface area (TPSA) is 95.5 Å². The standard InChI is InChI=1S/C17H20ClFN2O4/c18-13-10-11(19)4-5-12(13)15(23)20-9-6-14(22)21-17(16(24)25)7-2-1-3-8-17/h4-5,10H,1-3,6-9H2,(H,20,23)(H,21,22)(H,24,25). The Balaban J connectivity index is 1.85. The molecule has 1 aromatic carbocycles. The molecule has 0 radical (unpaired) electrons. The van der Waals surface area contributed by atoms with Crippen LogP contribution in [0, 0.1) is 5.82 Å². The van der Waals surface area contributed by atoms with Gasteiger partial charge in [0.05, 0.1) is 10.6 Å². The molecular formula is C17H20ClFN2O4. The molecule has 0 saturated heterocycles. The van der Waals surface area contributed by atoms with Gasteiger partial charge in [0.2, 0.25) is 5.91 Å². The van der Waals surface area contributed by atoms with Crippen LogP contribution in [0.5, 0.6) is 0 Å². The first kappa shape index (κ1) is 19.2. The lowest BCUT2D eigenvalue weighted by molar-refractivity contribution is -0.149. The number of rotatable bonds is 6. The molecule has 0 unspecified atom stereocenters. The number of hydrogen-bond donors (Lipinski definition) is 3. The van der Waals surface area contributed by atoms with E-state index in [4.69, 9.17) is 11.6 Å². The van der Waals surface area contributed by atoms with Gasteiger partial charge in [0.25, 0.3) is 5.91 Å². The summed E-state index contributed by atoms with van der Waals surface area (Å²) in [7, 11) is 0. The zero-order valence-corrected chi connectivity index (χ0v) is 14.4. The number of nitrogens with one attached hydrogen (secondary N) is 2. The van der Waals surface area contributed by atoms with Crippen molar-refractivity contribution >= 4 is 29.4 Å². The van der Waals surface area contributed by atoms with Gasteiger partial charge in [-0.3, -0.25) is 9.59 Å². The molecule has 0 spiro atoms. The van der Waals surface area contributed by atoms with Gasteiger partial charge < -0.3 is 15.7 Å². The Kier molecular flexibility index (Phi) is 6.36. The molecule has 1 aliphatic rings. The van der Waals surface area contributed by atoms with Crippen molar-refractivity contribution < 1.29 is 23.9 Å². The summed E-state index contributed by atoms with van der Waals surface area (Å²) in [6.45, 7) is 0.0219. The van der Waals surface area contributed by atoms with Crippen LogP contribution in [0.1, 0.15) is 48.9 Å². The molecule has 0 aromatic heterocycles. The van der Waals surface area contributed by atoms with E-state index in [0.717, 1.165) is 31.4 Å². The largest absolute Gasteiger partial charge is 0.480 e. The molecule has 1 aliphatic carbocycles. The van der Waals surface area contributed by atoms with Crippen LogP contribution in [0.15, 0.2) is 18.2 Å². The summed E-state index contributed by atoms with van der Waals surface area (Å²) in [5.74, 6) is -2.53. The van der Waals surface area contributed by atoms with E-state index in [0.29, 0.717) is 12.8 Å². The minimum atomic E-state index is -1.21. The van der Waals surface area contributed by atoms with Crippen molar-refractivity contribution in [3.05, 3.63) is 34.6 Å². The average Bonchev–Trinajstić information content (AvgIpc) is 2.55. The number of carbonyl (C=O) groups excluding carboxylic acids is 2. The molecule has 1 saturated carbocycles. The van der Waals surface area contributed by atoms with Crippen molar-refractivity contribution in [2.24, 2.45) is 0 Å². The maximum Gasteiger partial charge on any atom is 0.329 e. The number of carboxylic acids is 1. The highest BCUT2D eigenvalue weighted by molar-refractivity contribution is 6.33. The Morgan fingerprint density at radius 1 is 1.20 bits per heavy atom. The summed E-state index contributed by atoms with van der Waals surface area (Å²) in [6.07, 6.45) is 3.23. The quantitative estimate of drug-likeness (QED) is 0.717. The highest BCUT2D eigenvalue weighted by Gasteiger charge is 2.40. The predicted molar refractivity (Wildman–Crippen MR) is 90.0 cm³/mol. The van der Waals surface area contributed by atoms with E-state index in [-0.39, 0.29) is 23.6 Å². The van der Waals surface area contributed by atoms with Crippen molar-refractivity contribution in [1.82, 2.24) is 10.6 Å². The Morgan fingerprint density at radius 2 is 1.88 bits per heavy atom. The Bertz CT molecular complexity index is 675. The Morgan fingerprint density at radius 3 is 2.48 bits per heavy atom. The third kappa shape index (κ3) is 4.92. The first-order valence-electron chi connectivity index (χ1n) is 8.12. The molecular weight excluding hydrogens is 351 g/mol. The number of carboxylic acid groups (broad SMARTS) is 1. The predicted octanol–water partition coefficient (Wildman–Crippen LogP) is 2.50. The molecule has 6 nitrogen and oxygen atoms in total. The lowest BCUT2D eigenvalue weighted by Gasteiger charge is -2.34. The summed E-state index contributed by atoms with van der Waals surface area (Å²) < 4.78 is 13.0. The number of amides is 2. The third-order valence-corrected chi connectivity index (χ3v) is 4.62. The fraction of sp³-hybridized carbons (Fsp3) is 0.471. The van der Waals surface area contributed by atoms with Crippen molar-refractivity contribution in [2.75, 3.05) is 6.54 Å². The summed E-state index contributed by atoms with van der Waals surface area (Å²) in [5, 5.41) is 14.5. The number of hydrogen-bond acceptors (Lipinski definition) is 3. The van der Waals surface area contributed by atoms with Gasteiger partial charge in [-0.2, -0.15) is 0 Å². The third-order valence-electron chi connectivity index (χ3n) is 4.31. The van der Waals surface area contributed by atoms with Crippen molar-refractivity contribution in [3.8, 4) is 0 Å². The zero-order valence-electron chi connectivity index (χ0n) is 13.6. The molecule has 2 rings (SSSR count). The van der Waals surface area contributed by atoms with Gasteiger partial charge in [-0.25, -0.2) is 9.18 Å². The first-order chi connectivity index (χ1) is 11.8. The molecule has 1 fully saturated rings. The van der Waals surface area contributed by atoms with Gasteiger partial charge >= 0.3 is 5.97 Å². The van der Waals surface area contributed by atoms with Gasteiger partial charge in [0.1, 0.15) is 11.4 Å². The van der Waals surface area contributed by atoms with E-state index in [1.165, 1.54) is 6.07 Å². The maximum absolute atomic E-state index is 13.0. The number of halogens is 2. The van der Waals surface area contributed by atoms with Gasteiger partial charge in [-0.05, 0) is 31.0 Å². The molecule has 8 heteroatoms. The second-order valence-corrected chi connectivity index (χ2v) is 6.53. The van der Waals surface area contributed by atoms with Gasteiger partial charge in [-0.15, -0.1) is 0 Å². The first-order valence-corrected chi connectivity index (χ1v) is 8.49. The molecule has 3 N–H and O–H groups in total. The maximum atomic E-state index is 13.0. The van der Waals surface area contributed by atoms with Gasteiger partial charge in [-0.1, -0.05) is 30.9 Å². The zero-order chi connectivity index (χ0) is 18.4. The molecule has 2 amide bonds. The molecule has 1 aromatic rings. The van der Waals surface area contributed by atoms with Crippen LogP contribution in [-0.2, 0) is 9.59 Å². The summed E-state index contributed by atoms with van der Waals surface area (Å²) >= 11 is 5.80. The molecule has 0 heterocycles. The molecule has 0 aliphatic heterocycles. The van der Waals surface area contributed by atoms with Crippen LogP contribution < -0.4 is 10.6 Å². The monoisotopic (exact) mass is 370 g/mol. The van der Waals surface area contributed by atoms with E-state index in [1.54, 1.807) is 0 Å². The normalized spacial score (nSPS) is 16.1. The number of benzene rings is 1. The van der Waals surface area contributed by atoms with Gasteiger partial charge in [0, 0.05) is 13.0 Å². The van der Waals surface area contributed by atoms with E-state index in [2.05, 4.69) is 10.6 Å². The van der Waals surface area contributed by atoms with E-state index in [9.17, 15) is 23.9 Å². The summed E-state index contributed by atoms with van der Waals surface area (Å²) in [4.78, 5) is 35.5. The van der Waals surface area contributed by atoms with Gasteiger partial charge in [0.15, 0.2) is 0 Å². The van der Waals surface area contributed by atoms with E-state index < -0.39 is 29.1 Å². The van der Waals surface area contributed by atoms with Crippen LogP contribution in [-0.4, -0.2) is 35.0 Å². The second-order valence-electron chi connectivity index (χ2n) is 6.13. The van der Waals surface area contributed by atoms with Crippen LogP contribution in [0.2, 0.25) is 5.02 Å². The average molecular weight is 371 g/mol.